The second kappa shape index (κ2) is 18.1. The summed E-state index contributed by atoms with van der Waals surface area (Å²) in [7, 11) is -0.892. The molecule has 0 radical (unpaired) electrons. The fourth-order valence-corrected chi connectivity index (χ4v) is 8.97. The average Bonchev–Trinajstić information content (AvgIpc) is 3.05. The van der Waals surface area contributed by atoms with E-state index in [0.717, 1.165) is 0 Å². The third-order valence-corrected chi connectivity index (χ3v) is 11.0. The van der Waals surface area contributed by atoms with Crippen LogP contribution in [0.2, 0.25) is 0 Å². The molecule has 210 valence electrons. The molecule has 0 aromatic heterocycles. The minimum absolute atomic E-state index is 0. The largest absolute Gasteiger partial charge is 0.379 e. The van der Waals surface area contributed by atoms with Gasteiger partial charge in [0.1, 0.15) is 0 Å². The smallest absolute Gasteiger partial charge is 0.152 e. The van der Waals surface area contributed by atoms with Gasteiger partial charge in [-0.05, 0) is 47.7 Å². The molecule has 0 unspecified atom stereocenters. The maximum Gasteiger partial charge on any atom is 0.152 e. The minimum atomic E-state index is -0.446. The lowest BCUT2D eigenvalue weighted by molar-refractivity contribution is 0.312. The topological polar surface area (TPSA) is 84.7 Å². The van der Waals surface area contributed by atoms with Crippen LogP contribution in [-0.2, 0) is 0 Å². The van der Waals surface area contributed by atoms with E-state index in [1.807, 2.05) is 0 Å². The summed E-state index contributed by atoms with van der Waals surface area (Å²) in [6.45, 7) is 0. The van der Waals surface area contributed by atoms with Crippen molar-refractivity contribution in [3.05, 3.63) is 187 Å². The van der Waals surface area contributed by atoms with Crippen LogP contribution in [0.25, 0.3) is 0 Å². The highest BCUT2D eigenvalue weighted by Gasteiger charge is 2.16. The quantitative estimate of drug-likeness (QED) is 0.123. The summed E-state index contributed by atoms with van der Waals surface area (Å²) >= 11 is 0. The maximum atomic E-state index is 8.11. The molecule has 0 saturated heterocycles. The Kier molecular flexibility index (Phi) is 13.8. The molecule has 6 rings (SSSR count). The van der Waals surface area contributed by atoms with E-state index >= 15 is 0 Å². The van der Waals surface area contributed by atoms with Gasteiger partial charge in [-0.2, -0.15) is 0 Å². The van der Waals surface area contributed by atoms with Crippen LogP contribution in [0.5, 0.6) is 0 Å². The van der Waals surface area contributed by atoms with Crippen molar-refractivity contribution in [2.24, 2.45) is 5.34 Å². The molecule has 4 N–H and O–H groups in total. The van der Waals surface area contributed by atoms with Gasteiger partial charge in [-0.25, -0.2) is 0 Å². The van der Waals surface area contributed by atoms with Crippen LogP contribution >= 0.6 is 15.8 Å². The molecule has 6 heteroatoms. The molecule has 0 saturated carbocycles. The lowest BCUT2D eigenvalue weighted by Gasteiger charge is -2.18. The molecular weight excluding hydrogens is 554 g/mol. The molecule has 0 aliphatic carbocycles. The van der Waals surface area contributed by atoms with E-state index in [2.05, 4.69) is 182 Å². The van der Waals surface area contributed by atoms with Gasteiger partial charge in [0.15, 0.2) is 5.34 Å². The van der Waals surface area contributed by atoms with E-state index < -0.39 is 15.8 Å². The number of rotatable bonds is 6. The Morgan fingerprint density at radius 3 is 0.571 bits per heavy atom. The number of nitrogens with zero attached hydrogens (tertiary/aromatic N) is 1. The van der Waals surface area contributed by atoms with E-state index in [-0.39, 0.29) is 6.15 Å². The summed E-state index contributed by atoms with van der Waals surface area (Å²) in [4.78, 5) is 8.11. The molecule has 6 aromatic rings. The predicted molar refractivity (Wildman–Crippen MR) is 183 cm³/mol. The van der Waals surface area contributed by atoms with E-state index in [0.29, 0.717) is 0 Å². The zero-order valence-electron chi connectivity index (χ0n) is 23.2. The zero-order valence-corrected chi connectivity index (χ0v) is 25.0. The lowest BCUT2D eigenvalue weighted by Crippen LogP contribution is -2.20. The van der Waals surface area contributed by atoms with Gasteiger partial charge in [0.25, 0.3) is 0 Å². The summed E-state index contributed by atoms with van der Waals surface area (Å²) in [5, 5.41) is 16.3. The van der Waals surface area contributed by atoms with Crippen molar-refractivity contribution in [1.29, 1.82) is 0 Å². The van der Waals surface area contributed by atoms with Crippen molar-refractivity contribution in [1.82, 2.24) is 6.15 Å². The Morgan fingerprint density at radius 1 is 0.333 bits per heavy atom. The summed E-state index contributed by atoms with van der Waals surface area (Å²) in [5.41, 5.74) is 0. The van der Waals surface area contributed by atoms with Crippen molar-refractivity contribution in [3.8, 4) is 0 Å². The molecule has 0 amide bonds. The van der Waals surface area contributed by atoms with Crippen LogP contribution in [0, 0.1) is 4.91 Å². The summed E-state index contributed by atoms with van der Waals surface area (Å²) in [6, 6.07) is 64.7. The Hall–Kier alpha value is -4.46. The highest BCUT2D eigenvalue weighted by atomic mass is 31.1. The molecule has 6 aromatic carbocycles. The molecule has 0 heterocycles. The molecule has 0 fully saturated rings. The molecule has 0 atom stereocenters. The van der Waals surface area contributed by atoms with Gasteiger partial charge in [0, 0.05) is 0 Å². The van der Waals surface area contributed by atoms with Crippen molar-refractivity contribution < 1.29 is 5.21 Å². The fourth-order valence-electron chi connectivity index (χ4n) is 4.36. The Bertz CT molecular complexity index is 1240. The second-order valence-electron chi connectivity index (χ2n) is 8.77. The van der Waals surface area contributed by atoms with Gasteiger partial charge >= 0.3 is 0 Å². The van der Waals surface area contributed by atoms with E-state index in [4.69, 9.17) is 10.1 Å². The highest BCUT2D eigenvalue weighted by Crippen LogP contribution is 2.33. The van der Waals surface area contributed by atoms with Crippen LogP contribution in [0.15, 0.2) is 187 Å². The lowest BCUT2D eigenvalue weighted by atomic mass is 10.4. The first-order chi connectivity index (χ1) is 20.3. The van der Waals surface area contributed by atoms with E-state index in [1.54, 1.807) is 0 Å². The molecule has 0 spiro atoms. The van der Waals surface area contributed by atoms with E-state index in [9.17, 15) is 0 Å². The first-order valence-electron chi connectivity index (χ1n) is 13.2. The van der Waals surface area contributed by atoms with Crippen molar-refractivity contribution in [2.45, 2.75) is 0 Å². The van der Waals surface area contributed by atoms with Crippen LogP contribution in [0.4, 0.5) is 0 Å². The van der Waals surface area contributed by atoms with Crippen LogP contribution in [0.3, 0.4) is 0 Å². The Labute approximate surface area is 250 Å². The van der Waals surface area contributed by atoms with Crippen LogP contribution in [-0.4, -0.2) is 5.21 Å². The van der Waals surface area contributed by atoms with Gasteiger partial charge in [0.2, 0.25) is 0 Å². The molecule has 4 nitrogen and oxygen atoms in total. The van der Waals surface area contributed by atoms with E-state index in [1.165, 1.54) is 37.2 Å². The van der Waals surface area contributed by atoms with Gasteiger partial charge < -0.3 is 11.4 Å². The monoisotopic (exact) mass is 588 g/mol. The summed E-state index contributed by atoms with van der Waals surface area (Å²) < 4.78 is 0. The standard InChI is InChI=1S/2C18H15P.HNO2.H3N/c2*1-4-10-16(11-5-1)19(17-12-6-2-7-13-17)18-14-8-3-9-15-18;2-1-3;/h2*1-15H;(H,2,3);1H3. The highest BCUT2D eigenvalue weighted by molar-refractivity contribution is 7.80. The van der Waals surface area contributed by atoms with Crippen molar-refractivity contribution in [3.63, 3.8) is 0 Å². The molecule has 0 aliphatic heterocycles. The SMILES string of the molecule is N.O=NO.c1ccc(P(c2ccccc2)c2ccccc2)cc1.c1ccc(P(c2ccccc2)c2ccccc2)cc1. The summed E-state index contributed by atoms with van der Waals surface area (Å²) in [5.74, 6) is 0. The Morgan fingerprint density at radius 2 is 0.452 bits per heavy atom. The van der Waals surface area contributed by atoms with Gasteiger partial charge in [0.05, 0.1) is 0 Å². The van der Waals surface area contributed by atoms with Crippen LogP contribution in [0.1, 0.15) is 0 Å². The zero-order chi connectivity index (χ0) is 28.5. The van der Waals surface area contributed by atoms with Crippen molar-refractivity contribution >= 4 is 47.7 Å². The number of benzene rings is 6. The fraction of sp³-hybridized carbons (Fsp3) is 0. The van der Waals surface area contributed by atoms with Crippen molar-refractivity contribution in [2.75, 3.05) is 0 Å². The minimum Gasteiger partial charge on any atom is -0.379 e. The molecule has 0 aliphatic rings. The van der Waals surface area contributed by atoms with Gasteiger partial charge in [-0.3, -0.25) is 0 Å². The third kappa shape index (κ3) is 9.29. The maximum absolute atomic E-state index is 8.11. The number of hydrogen-bond acceptors (Lipinski definition) is 3. The normalized spacial score (nSPS) is 9.86. The third-order valence-electron chi connectivity index (χ3n) is 6.09. The summed E-state index contributed by atoms with van der Waals surface area (Å²) in [6.07, 6.45) is 0. The second-order valence-corrected chi connectivity index (χ2v) is 13.2. The first kappa shape index (κ1) is 32.1. The molecule has 42 heavy (non-hydrogen) atoms. The van der Waals surface area contributed by atoms with Gasteiger partial charge in [-0.15, -0.1) is 4.91 Å². The van der Waals surface area contributed by atoms with Gasteiger partial charge in [-0.1, -0.05) is 182 Å². The first-order valence-corrected chi connectivity index (χ1v) is 15.9. The predicted octanol–water partition coefficient (Wildman–Crippen LogP) is 7.19. The Balaban J connectivity index is 0.000000207. The molecule has 0 bridgehead atoms. The van der Waals surface area contributed by atoms with Crippen LogP contribution < -0.4 is 38.0 Å². The number of hydrogen-bond donors (Lipinski definition) is 2. The average molecular weight is 589 g/mol. The molecular formula is C36H34N2O2P2.